The van der Waals surface area contributed by atoms with E-state index in [2.05, 4.69) is 27.6 Å². The molecule has 0 aromatic carbocycles. The molecule has 0 aromatic rings. The van der Waals surface area contributed by atoms with Crippen molar-refractivity contribution in [2.45, 2.75) is 0 Å². The molecule has 1 aliphatic rings. The van der Waals surface area contributed by atoms with Crippen LogP contribution in [-0.2, 0) is 0 Å². The quantitative estimate of drug-likeness (QED) is 0.395. The summed E-state index contributed by atoms with van der Waals surface area (Å²) in [6.45, 7) is 5.78. The van der Waals surface area contributed by atoms with Crippen LogP contribution >= 0.6 is 0 Å². The molecular formula is C5H12N4. The fourth-order valence-electron chi connectivity index (χ4n) is 0.696. The molecule has 0 amide bonds. The Morgan fingerprint density at radius 3 is 3.44 bits per heavy atom. The summed E-state index contributed by atoms with van der Waals surface area (Å²) in [6, 6.07) is 0. The molecule has 0 saturated heterocycles. The van der Waals surface area contributed by atoms with Crippen LogP contribution in [0.5, 0.6) is 0 Å². The number of hydrazone groups is 1. The van der Waals surface area contributed by atoms with Crippen molar-refractivity contribution in [2.24, 2.45) is 10.1 Å². The van der Waals surface area contributed by atoms with Gasteiger partial charge in [-0.05, 0) is 0 Å². The number of nitrogens with zero attached hydrogens (tertiary/aromatic N) is 2. The average molecular weight is 128 g/mol. The minimum atomic E-state index is 0. The van der Waals surface area contributed by atoms with Crippen molar-refractivity contribution in [1.82, 2.24) is 10.7 Å². The molecule has 0 saturated carbocycles. The fraction of sp³-hybridized carbons (Fsp3) is 0.600. The van der Waals surface area contributed by atoms with Gasteiger partial charge < -0.3 is 10.7 Å². The van der Waals surface area contributed by atoms with E-state index in [9.17, 15) is 0 Å². The maximum absolute atomic E-state index is 4.13. The second-order valence-corrected chi connectivity index (χ2v) is 1.75. The predicted molar refractivity (Wildman–Crippen MR) is 40.0 cm³/mol. The summed E-state index contributed by atoms with van der Waals surface area (Å²) in [6.07, 6.45) is 0. The maximum Gasteiger partial charge on any atom is 0.118 e. The van der Waals surface area contributed by atoms with Gasteiger partial charge in [0.25, 0.3) is 0 Å². The predicted octanol–water partition coefficient (Wildman–Crippen LogP) is -0.561. The van der Waals surface area contributed by atoms with Gasteiger partial charge in [0.15, 0.2) is 0 Å². The van der Waals surface area contributed by atoms with Crippen molar-refractivity contribution in [1.29, 1.82) is 0 Å². The first kappa shape index (κ1) is 6.07. The molecule has 2 N–H and O–H groups in total. The lowest BCUT2D eigenvalue weighted by Gasteiger charge is -1.98. The van der Waals surface area contributed by atoms with E-state index in [0.29, 0.717) is 6.54 Å². The van der Waals surface area contributed by atoms with Crippen LogP contribution < -0.4 is 10.7 Å². The zero-order valence-corrected chi connectivity index (χ0v) is 5.22. The van der Waals surface area contributed by atoms with Crippen LogP contribution in [0.25, 0.3) is 0 Å². The van der Waals surface area contributed by atoms with E-state index in [4.69, 9.17) is 0 Å². The monoisotopic (exact) mass is 128 g/mol. The van der Waals surface area contributed by atoms with Crippen molar-refractivity contribution in [3.8, 4) is 0 Å². The highest BCUT2D eigenvalue weighted by molar-refractivity contribution is 5.85. The second kappa shape index (κ2) is 3.06. The number of rotatable bonds is 3. The Morgan fingerprint density at radius 2 is 2.89 bits per heavy atom. The Hall–Kier alpha value is -1.06. The molecule has 1 heterocycles. The Kier molecular flexibility index (Phi) is 2.06. The first-order chi connectivity index (χ1) is 4.43. The Bertz CT molecular complexity index is 134. The molecule has 0 fully saturated rings. The molecule has 52 valence electrons. The van der Waals surface area contributed by atoms with Crippen LogP contribution in [0.1, 0.15) is 1.43 Å². The summed E-state index contributed by atoms with van der Waals surface area (Å²) in [5.74, 6) is 0.974. The van der Waals surface area contributed by atoms with Gasteiger partial charge in [0.1, 0.15) is 5.84 Å². The molecule has 0 bridgehead atoms. The molecular weight excluding hydrogens is 116 g/mol. The van der Waals surface area contributed by atoms with Crippen LogP contribution in [0.3, 0.4) is 0 Å². The Morgan fingerprint density at radius 1 is 2.00 bits per heavy atom. The smallest absolute Gasteiger partial charge is 0.118 e. The van der Waals surface area contributed by atoms with E-state index >= 15 is 0 Å². The third kappa shape index (κ3) is 1.71. The SMILES string of the molecule is C=NNCC1=NCCN1.[HH]. The average Bonchev–Trinajstić information content (AvgIpc) is 2.34. The first-order valence-electron chi connectivity index (χ1n) is 2.89. The van der Waals surface area contributed by atoms with Gasteiger partial charge in [0, 0.05) is 14.7 Å². The van der Waals surface area contributed by atoms with Crippen LogP contribution in [0.15, 0.2) is 10.1 Å². The van der Waals surface area contributed by atoms with Crippen LogP contribution in [0, 0.1) is 0 Å². The summed E-state index contributed by atoms with van der Waals surface area (Å²) < 4.78 is 0. The van der Waals surface area contributed by atoms with Crippen LogP contribution in [0.2, 0.25) is 0 Å². The highest BCUT2D eigenvalue weighted by atomic mass is 15.3. The van der Waals surface area contributed by atoms with Crippen molar-refractivity contribution in [2.75, 3.05) is 19.6 Å². The van der Waals surface area contributed by atoms with Gasteiger partial charge in [-0.3, -0.25) is 4.99 Å². The molecule has 0 aromatic heterocycles. The molecule has 0 spiro atoms. The topological polar surface area (TPSA) is 48.8 Å². The first-order valence-corrected chi connectivity index (χ1v) is 2.89. The number of hydrogen-bond donors (Lipinski definition) is 2. The lowest BCUT2D eigenvalue weighted by atomic mass is 10.6. The Balaban J connectivity index is 0.000000810. The number of hydrogen-bond acceptors (Lipinski definition) is 4. The highest BCUT2D eigenvalue weighted by Crippen LogP contribution is 1.81. The second-order valence-electron chi connectivity index (χ2n) is 1.75. The van der Waals surface area contributed by atoms with Crippen molar-refractivity contribution in [3.63, 3.8) is 0 Å². The summed E-state index contributed by atoms with van der Waals surface area (Å²) in [7, 11) is 0. The van der Waals surface area contributed by atoms with E-state index < -0.39 is 0 Å². The van der Waals surface area contributed by atoms with E-state index in [1.54, 1.807) is 0 Å². The molecule has 4 heteroatoms. The van der Waals surface area contributed by atoms with Crippen molar-refractivity contribution >= 4 is 12.6 Å². The summed E-state index contributed by atoms with van der Waals surface area (Å²) in [5, 5.41) is 6.57. The zero-order chi connectivity index (χ0) is 6.53. The molecule has 1 aliphatic heterocycles. The summed E-state index contributed by atoms with van der Waals surface area (Å²) >= 11 is 0. The highest BCUT2D eigenvalue weighted by Gasteiger charge is 2.01. The van der Waals surface area contributed by atoms with Crippen molar-refractivity contribution < 1.29 is 1.43 Å². The molecule has 0 unspecified atom stereocenters. The normalized spacial score (nSPS) is 16.2. The summed E-state index contributed by atoms with van der Waals surface area (Å²) in [5.41, 5.74) is 2.71. The zero-order valence-electron chi connectivity index (χ0n) is 5.22. The van der Waals surface area contributed by atoms with Gasteiger partial charge >= 0.3 is 0 Å². The van der Waals surface area contributed by atoms with Crippen LogP contribution in [0.4, 0.5) is 0 Å². The lowest BCUT2D eigenvalue weighted by Crippen LogP contribution is -2.28. The van der Waals surface area contributed by atoms with Crippen LogP contribution in [-0.4, -0.2) is 32.2 Å². The third-order valence-electron chi connectivity index (χ3n) is 1.10. The fourth-order valence-corrected chi connectivity index (χ4v) is 0.696. The van der Waals surface area contributed by atoms with Gasteiger partial charge in [0.2, 0.25) is 0 Å². The summed E-state index contributed by atoms with van der Waals surface area (Å²) in [4.78, 5) is 4.13. The standard InChI is InChI=1S/C5H10N4.H2/c1-6-9-4-5-7-2-3-8-5;/h9H,1-4H2,(H,7,8);1H. The molecule has 0 atom stereocenters. The van der Waals surface area contributed by atoms with E-state index in [-0.39, 0.29) is 1.43 Å². The molecule has 0 aliphatic carbocycles. The number of nitrogens with one attached hydrogen (secondary N) is 2. The molecule has 1 rings (SSSR count). The van der Waals surface area contributed by atoms with Gasteiger partial charge in [-0.25, -0.2) is 0 Å². The van der Waals surface area contributed by atoms with E-state index in [1.165, 1.54) is 0 Å². The Labute approximate surface area is 55.5 Å². The molecule has 0 radical (unpaired) electrons. The minimum Gasteiger partial charge on any atom is -0.370 e. The molecule has 9 heavy (non-hydrogen) atoms. The number of amidine groups is 1. The van der Waals surface area contributed by atoms with Gasteiger partial charge in [-0.15, -0.1) is 0 Å². The van der Waals surface area contributed by atoms with Gasteiger partial charge in [-0.2, -0.15) is 5.10 Å². The number of aliphatic imine (C=N–C) groups is 1. The van der Waals surface area contributed by atoms with Crippen molar-refractivity contribution in [3.05, 3.63) is 0 Å². The van der Waals surface area contributed by atoms with Gasteiger partial charge in [0.05, 0.1) is 13.1 Å². The van der Waals surface area contributed by atoms with Gasteiger partial charge in [-0.1, -0.05) is 0 Å². The lowest BCUT2D eigenvalue weighted by molar-refractivity contribution is 0.837. The van der Waals surface area contributed by atoms with E-state index in [1.807, 2.05) is 0 Å². The largest absolute Gasteiger partial charge is 0.370 e. The van der Waals surface area contributed by atoms with E-state index in [0.717, 1.165) is 18.9 Å². The molecule has 4 nitrogen and oxygen atoms in total. The third-order valence-corrected chi connectivity index (χ3v) is 1.10. The minimum absolute atomic E-state index is 0. The maximum atomic E-state index is 4.13.